The van der Waals surface area contributed by atoms with Crippen LogP contribution in [0.1, 0.15) is 16.7 Å². The lowest BCUT2D eigenvalue weighted by molar-refractivity contribution is 1.05. The number of aromatic nitrogens is 2. The Balaban J connectivity index is 2.08. The minimum atomic E-state index is 0.755. The molecule has 0 amide bonds. The molecule has 0 unspecified atom stereocenters. The second-order valence-electron chi connectivity index (χ2n) is 3.92. The Morgan fingerprint density at radius 2 is 1.88 bits per heavy atom. The molecule has 0 aliphatic rings. The zero-order valence-corrected chi connectivity index (χ0v) is 9.57. The summed E-state index contributed by atoms with van der Waals surface area (Å²) < 4.78 is 0. The molecule has 82 valence electrons. The number of rotatable bonds is 3. The molecule has 3 nitrogen and oxygen atoms in total. The molecule has 1 aromatic carbocycles. The maximum Gasteiger partial charge on any atom is 0.115 e. The quantitative estimate of drug-likeness (QED) is 0.851. The number of nitrogens with one attached hydrogen (secondary N) is 1. The highest BCUT2D eigenvalue weighted by molar-refractivity contribution is 5.52. The van der Waals surface area contributed by atoms with Crippen molar-refractivity contribution < 1.29 is 0 Å². The van der Waals surface area contributed by atoms with E-state index in [0.717, 1.165) is 12.1 Å². The van der Waals surface area contributed by atoms with Crippen LogP contribution in [0.4, 0.5) is 5.69 Å². The summed E-state index contributed by atoms with van der Waals surface area (Å²) in [5, 5.41) is 3.39. The zero-order chi connectivity index (χ0) is 11.4. The van der Waals surface area contributed by atoms with E-state index in [1.54, 1.807) is 6.33 Å². The fourth-order valence-electron chi connectivity index (χ4n) is 1.54. The lowest BCUT2D eigenvalue weighted by Crippen LogP contribution is -2.02. The Morgan fingerprint density at radius 1 is 1.12 bits per heavy atom. The highest BCUT2D eigenvalue weighted by Gasteiger charge is 1.98. The van der Waals surface area contributed by atoms with Gasteiger partial charge in [-0.1, -0.05) is 12.1 Å². The second kappa shape index (κ2) is 4.75. The monoisotopic (exact) mass is 213 g/mol. The standard InChI is InChI=1S/C13H15N3/c1-10-3-4-11(2)13(5-10)16-8-12-6-14-9-15-7-12/h3-7,9,16H,8H2,1-2H3. The zero-order valence-electron chi connectivity index (χ0n) is 9.57. The van der Waals surface area contributed by atoms with Gasteiger partial charge in [-0.2, -0.15) is 0 Å². The van der Waals surface area contributed by atoms with Gasteiger partial charge in [0.2, 0.25) is 0 Å². The van der Waals surface area contributed by atoms with Gasteiger partial charge in [0.25, 0.3) is 0 Å². The smallest absolute Gasteiger partial charge is 0.115 e. The molecule has 0 bridgehead atoms. The minimum absolute atomic E-state index is 0.755. The van der Waals surface area contributed by atoms with Gasteiger partial charge in [-0.05, 0) is 31.0 Å². The average molecular weight is 213 g/mol. The average Bonchev–Trinajstić information content (AvgIpc) is 2.32. The summed E-state index contributed by atoms with van der Waals surface area (Å²) in [4.78, 5) is 7.97. The lowest BCUT2D eigenvalue weighted by atomic mass is 10.1. The third kappa shape index (κ3) is 2.57. The van der Waals surface area contributed by atoms with E-state index < -0.39 is 0 Å². The molecule has 0 radical (unpaired) electrons. The first-order valence-electron chi connectivity index (χ1n) is 5.31. The van der Waals surface area contributed by atoms with Crippen molar-refractivity contribution in [1.29, 1.82) is 0 Å². The predicted molar refractivity (Wildman–Crippen MR) is 65.3 cm³/mol. The van der Waals surface area contributed by atoms with Crippen LogP contribution in [0.5, 0.6) is 0 Å². The van der Waals surface area contributed by atoms with Crippen molar-refractivity contribution in [2.24, 2.45) is 0 Å². The first kappa shape index (κ1) is 10.6. The molecule has 0 saturated heterocycles. The number of hydrogen-bond acceptors (Lipinski definition) is 3. The lowest BCUT2D eigenvalue weighted by Gasteiger charge is -2.09. The van der Waals surface area contributed by atoms with E-state index in [0.29, 0.717) is 0 Å². The van der Waals surface area contributed by atoms with E-state index in [1.165, 1.54) is 16.8 Å². The molecule has 1 N–H and O–H groups in total. The SMILES string of the molecule is Cc1ccc(C)c(NCc2cncnc2)c1. The highest BCUT2D eigenvalue weighted by atomic mass is 14.9. The van der Waals surface area contributed by atoms with Gasteiger partial charge in [-0.3, -0.25) is 0 Å². The van der Waals surface area contributed by atoms with Gasteiger partial charge < -0.3 is 5.32 Å². The summed E-state index contributed by atoms with van der Waals surface area (Å²) in [7, 11) is 0. The Kier molecular flexibility index (Phi) is 3.15. The second-order valence-corrected chi connectivity index (χ2v) is 3.92. The third-order valence-electron chi connectivity index (χ3n) is 2.49. The van der Waals surface area contributed by atoms with Gasteiger partial charge in [0.15, 0.2) is 0 Å². The van der Waals surface area contributed by atoms with E-state index in [9.17, 15) is 0 Å². The molecule has 0 fully saturated rings. The van der Waals surface area contributed by atoms with Crippen LogP contribution < -0.4 is 5.32 Å². The van der Waals surface area contributed by atoms with Gasteiger partial charge in [0.05, 0.1) is 0 Å². The van der Waals surface area contributed by atoms with E-state index in [2.05, 4.69) is 47.3 Å². The minimum Gasteiger partial charge on any atom is -0.381 e. The Bertz CT molecular complexity index is 466. The highest BCUT2D eigenvalue weighted by Crippen LogP contribution is 2.16. The Hall–Kier alpha value is -1.90. The molecule has 0 aliphatic carbocycles. The van der Waals surface area contributed by atoms with Crippen molar-refractivity contribution >= 4 is 5.69 Å². The van der Waals surface area contributed by atoms with Crippen molar-refractivity contribution in [2.45, 2.75) is 20.4 Å². The molecule has 1 aromatic heterocycles. The molecule has 16 heavy (non-hydrogen) atoms. The predicted octanol–water partition coefficient (Wildman–Crippen LogP) is 2.71. The normalized spacial score (nSPS) is 10.1. The molecule has 1 heterocycles. The summed E-state index contributed by atoms with van der Waals surface area (Å²) in [6.07, 6.45) is 5.19. The molecule has 0 saturated carbocycles. The topological polar surface area (TPSA) is 37.8 Å². The number of aryl methyl sites for hydroxylation is 2. The van der Waals surface area contributed by atoms with E-state index >= 15 is 0 Å². The summed E-state index contributed by atoms with van der Waals surface area (Å²) in [6.45, 7) is 4.95. The van der Waals surface area contributed by atoms with Crippen LogP contribution in [0, 0.1) is 13.8 Å². The van der Waals surface area contributed by atoms with Crippen LogP contribution in [0.3, 0.4) is 0 Å². The Morgan fingerprint density at radius 3 is 2.62 bits per heavy atom. The fourth-order valence-corrected chi connectivity index (χ4v) is 1.54. The van der Waals surface area contributed by atoms with Crippen molar-refractivity contribution in [1.82, 2.24) is 9.97 Å². The van der Waals surface area contributed by atoms with Crippen molar-refractivity contribution in [3.05, 3.63) is 53.6 Å². The number of nitrogens with zero attached hydrogens (tertiary/aromatic N) is 2. The van der Waals surface area contributed by atoms with Crippen LogP contribution in [0.15, 0.2) is 36.9 Å². The van der Waals surface area contributed by atoms with Crippen LogP contribution >= 0.6 is 0 Å². The first-order valence-corrected chi connectivity index (χ1v) is 5.31. The summed E-state index contributed by atoms with van der Waals surface area (Å²) >= 11 is 0. The fraction of sp³-hybridized carbons (Fsp3) is 0.231. The molecule has 0 aliphatic heterocycles. The third-order valence-corrected chi connectivity index (χ3v) is 2.49. The summed E-state index contributed by atoms with van der Waals surface area (Å²) in [5.74, 6) is 0. The van der Waals surface area contributed by atoms with Gasteiger partial charge in [-0.25, -0.2) is 9.97 Å². The number of anilines is 1. The van der Waals surface area contributed by atoms with Gasteiger partial charge in [0.1, 0.15) is 6.33 Å². The molecule has 0 atom stereocenters. The summed E-state index contributed by atoms with van der Waals surface area (Å²) in [6, 6.07) is 6.39. The van der Waals surface area contributed by atoms with Crippen LogP contribution in [0.2, 0.25) is 0 Å². The van der Waals surface area contributed by atoms with Crippen molar-refractivity contribution in [3.63, 3.8) is 0 Å². The van der Waals surface area contributed by atoms with Gasteiger partial charge >= 0.3 is 0 Å². The molecule has 0 spiro atoms. The maximum atomic E-state index is 3.99. The molecule has 2 rings (SSSR count). The number of hydrogen-bond donors (Lipinski definition) is 1. The van der Waals surface area contributed by atoms with Crippen LogP contribution in [-0.4, -0.2) is 9.97 Å². The van der Waals surface area contributed by atoms with E-state index in [4.69, 9.17) is 0 Å². The van der Waals surface area contributed by atoms with Gasteiger partial charge in [0, 0.05) is 30.2 Å². The molecule has 2 aromatic rings. The van der Waals surface area contributed by atoms with Crippen molar-refractivity contribution in [3.8, 4) is 0 Å². The summed E-state index contributed by atoms with van der Waals surface area (Å²) in [5.41, 5.74) is 4.77. The molecular formula is C13H15N3. The van der Waals surface area contributed by atoms with Crippen molar-refractivity contribution in [2.75, 3.05) is 5.32 Å². The number of benzene rings is 1. The Labute approximate surface area is 95.6 Å². The van der Waals surface area contributed by atoms with E-state index in [-0.39, 0.29) is 0 Å². The van der Waals surface area contributed by atoms with Crippen LogP contribution in [0.25, 0.3) is 0 Å². The molecule has 3 heteroatoms. The maximum absolute atomic E-state index is 3.99. The first-order chi connectivity index (χ1) is 7.75. The largest absolute Gasteiger partial charge is 0.381 e. The van der Waals surface area contributed by atoms with Gasteiger partial charge in [-0.15, -0.1) is 0 Å². The van der Waals surface area contributed by atoms with Crippen LogP contribution in [-0.2, 0) is 6.54 Å². The molecular weight excluding hydrogens is 198 g/mol. The van der Waals surface area contributed by atoms with E-state index in [1.807, 2.05) is 12.4 Å².